The van der Waals surface area contributed by atoms with Gasteiger partial charge in [0, 0.05) is 37.8 Å². The fraction of sp³-hybridized carbons (Fsp3) is 0.200. The standard InChI is InChI=1S/C20H20ClFN6O2S2/c1-24-5-7-28(2)18-9-13(12-23)3-4-16(18)26-17-11-15(22)19(10-14(17)21)32(29,30)27-20-25-6-8-31-20/h3-4,6,8-11,24,26H,5,7H2,1-2H3,(H,25,27). The van der Waals surface area contributed by atoms with Crippen LogP contribution in [0.4, 0.5) is 26.6 Å². The first-order valence-corrected chi connectivity index (χ1v) is 12.1. The summed E-state index contributed by atoms with van der Waals surface area (Å²) in [6.07, 6.45) is 1.43. The molecule has 3 aromatic rings. The van der Waals surface area contributed by atoms with Crippen LogP contribution in [0.2, 0.25) is 5.02 Å². The molecule has 2 aromatic carbocycles. The van der Waals surface area contributed by atoms with Crippen LogP contribution in [-0.2, 0) is 10.0 Å². The van der Waals surface area contributed by atoms with E-state index in [-0.39, 0.29) is 15.8 Å². The van der Waals surface area contributed by atoms with Gasteiger partial charge in [-0.2, -0.15) is 5.26 Å². The Hall–Kier alpha value is -2.91. The number of nitrogens with one attached hydrogen (secondary N) is 3. The molecule has 0 saturated heterocycles. The first-order valence-electron chi connectivity index (χ1n) is 9.33. The van der Waals surface area contributed by atoms with Gasteiger partial charge in [0.1, 0.15) is 10.7 Å². The van der Waals surface area contributed by atoms with E-state index in [0.29, 0.717) is 30.0 Å². The molecule has 0 aliphatic heterocycles. The maximum atomic E-state index is 14.8. The highest BCUT2D eigenvalue weighted by Gasteiger charge is 2.23. The van der Waals surface area contributed by atoms with Gasteiger partial charge in [0.15, 0.2) is 5.13 Å². The predicted octanol–water partition coefficient (Wildman–Crippen LogP) is 4.01. The Morgan fingerprint density at radius 3 is 2.72 bits per heavy atom. The molecule has 1 aromatic heterocycles. The number of likely N-dealkylation sites (N-methyl/N-ethyl adjacent to an activating group) is 2. The minimum absolute atomic E-state index is 0.0131. The van der Waals surface area contributed by atoms with Crippen LogP contribution in [0.1, 0.15) is 5.56 Å². The molecule has 32 heavy (non-hydrogen) atoms. The zero-order chi connectivity index (χ0) is 23.3. The topological polar surface area (TPSA) is 110 Å². The van der Waals surface area contributed by atoms with Crippen LogP contribution in [0, 0.1) is 17.1 Å². The van der Waals surface area contributed by atoms with E-state index in [2.05, 4.69) is 26.4 Å². The number of nitriles is 1. The molecule has 8 nitrogen and oxygen atoms in total. The van der Waals surface area contributed by atoms with Crippen LogP contribution in [0.3, 0.4) is 0 Å². The third kappa shape index (κ3) is 5.46. The molecule has 3 rings (SSSR count). The average Bonchev–Trinajstić information content (AvgIpc) is 3.26. The lowest BCUT2D eigenvalue weighted by Gasteiger charge is -2.23. The Morgan fingerprint density at radius 1 is 1.28 bits per heavy atom. The van der Waals surface area contributed by atoms with Gasteiger partial charge in [-0.25, -0.2) is 17.8 Å². The number of rotatable bonds is 9. The van der Waals surface area contributed by atoms with Crippen molar-refractivity contribution in [2.24, 2.45) is 0 Å². The lowest BCUT2D eigenvalue weighted by atomic mass is 10.1. The molecule has 0 bridgehead atoms. The molecule has 12 heteroatoms. The Labute approximate surface area is 194 Å². The molecule has 3 N–H and O–H groups in total. The van der Waals surface area contributed by atoms with Gasteiger partial charge in [0.2, 0.25) is 0 Å². The molecule has 0 aliphatic rings. The maximum Gasteiger partial charge on any atom is 0.266 e. The molecule has 168 valence electrons. The van der Waals surface area contributed by atoms with Gasteiger partial charge in [-0.05, 0) is 31.3 Å². The zero-order valence-electron chi connectivity index (χ0n) is 17.2. The number of anilines is 4. The van der Waals surface area contributed by atoms with Gasteiger partial charge in [-0.3, -0.25) is 4.72 Å². The Bertz CT molecular complexity index is 1250. The molecular formula is C20H20ClFN6O2S2. The van der Waals surface area contributed by atoms with Crippen molar-refractivity contribution in [3.8, 4) is 6.07 Å². The Morgan fingerprint density at radius 2 is 2.06 bits per heavy atom. The highest BCUT2D eigenvalue weighted by Crippen LogP contribution is 2.35. The Balaban J connectivity index is 1.93. The number of aromatic nitrogens is 1. The minimum Gasteiger partial charge on any atom is -0.372 e. The monoisotopic (exact) mass is 494 g/mol. The predicted molar refractivity (Wildman–Crippen MR) is 126 cm³/mol. The minimum atomic E-state index is -4.21. The van der Waals surface area contributed by atoms with Crippen molar-refractivity contribution >= 4 is 55.2 Å². The van der Waals surface area contributed by atoms with Gasteiger partial charge in [-0.15, -0.1) is 11.3 Å². The fourth-order valence-electron chi connectivity index (χ4n) is 2.84. The van der Waals surface area contributed by atoms with E-state index in [1.807, 2.05) is 19.0 Å². The van der Waals surface area contributed by atoms with Crippen molar-refractivity contribution < 1.29 is 12.8 Å². The summed E-state index contributed by atoms with van der Waals surface area (Å²) in [7, 11) is -0.512. The second-order valence-electron chi connectivity index (χ2n) is 6.70. The van der Waals surface area contributed by atoms with E-state index in [1.54, 1.807) is 23.6 Å². The van der Waals surface area contributed by atoms with E-state index < -0.39 is 20.7 Å². The molecule has 0 atom stereocenters. The SMILES string of the molecule is CNCCN(C)c1cc(C#N)ccc1Nc1cc(F)c(S(=O)(=O)Nc2nccs2)cc1Cl. The van der Waals surface area contributed by atoms with Crippen molar-refractivity contribution in [3.05, 3.63) is 58.3 Å². The van der Waals surface area contributed by atoms with E-state index in [4.69, 9.17) is 11.6 Å². The number of sulfonamides is 1. The lowest BCUT2D eigenvalue weighted by Crippen LogP contribution is -2.27. The van der Waals surface area contributed by atoms with Gasteiger partial charge in [0.25, 0.3) is 10.0 Å². The molecule has 0 amide bonds. The van der Waals surface area contributed by atoms with Crippen LogP contribution in [0.5, 0.6) is 0 Å². The summed E-state index contributed by atoms with van der Waals surface area (Å²) >= 11 is 7.37. The molecule has 1 heterocycles. The van der Waals surface area contributed by atoms with Crippen LogP contribution < -0.4 is 20.3 Å². The summed E-state index contributed by atoms with van der Waals surface area (Å²) in [5.41, 5.74) is 1.94. The molecular weight excluding hydrogens is 475 g/mol. The molecule has 0 radical (unpaired) electrons. The summed E-state index contributed by atoms with van der Waals surface area (Å²) in [5, 5.41) is 17.1. The number of halogens is 2. The van der Waals surface area contributed by atoms with Crippen molar-refractivity contribution in [2.45, 2.75) is 4.90 Å². The second-order valence-corrected chi connectivity index (χ2v) is 9.65. The fourth-order valence-corrected chi connectivity index (χ4v) is 4.99. The van der Waals surface area contributed by atoms with Crippen LogP contribution >= 0.6 is 22.9 Å². The number of hydrogen-bond acceptors (Lipinski definition) is 8. The molecule has 0 aliphatic carbocycles. The summed E-state index contributed by atoms with van der Waals surface area (Å²) < 4.78 is 42.1. The first-order chi connectivity index (χ1) is 15.2. The van der Waals surface area contributed by atoms with Crippen LogP contribution in [0.25, 0.3) is 0 Å². The van der Waals surface area contributed by atoms with E-state index in [0.717, 1.165) is 23.5 Å². The second kappa shape index (κ2) is 10.1. The number of thiazole rings is 1. The van der Waals surface area contributed by atoms with Crippen molar-refractivity contribution in [1.82, 2.24) is 10.3 Å². The number of benzene rings is 2. The van der Waals surface area contributed by atoms with Crippen molar-refractivity contribution in [2.75, 3.05) is 42.1 Å². The summed E-state index contributed by atoms with van der Waals surface area (Å²) in [4.78, 5) is 5.19. The Kier molecular flexibility index (Phi) is 7.52. The molecule has 0 saturated carbocycles. The smallest absolute Gasteiger partial charge is 0.266 e. The zero-order valence-corrected chi connectivity index (χ0v) is 19.6. The van der Waals surface area contributed by atoms with E-state index in [1.165, 1.54) is 6.20 Å². The van der Waals surface area contributed by atoms with Gasteiger partial charge < -0.3 is 15.5 Å². The molecule has 0 unspecified atom stereocenters. The summed E-state index contributed by atoms with van der Waals surface area (Å²) in [6, 6.07) is 9.18. The quantitative estimate of drug-likeness (QED) is 0.412. The maximum absolute atomic E-state index is 14.8. The van der Waals surface area contributed by atoms with Crippen molar-refractivity contribution in [1.29, 1.82) is 5.26 Å². The third-order valence-corrected chi connectivity index (χ3v) is 6.95. The highest BCUT2D eigenvalue weighted by atomic mass is 35.5. The van der Waals surface area contributed by atoms with E-state index in [9.17, 15) is 18.1 Å². The van der Waals surface area contributed by atoms with Gasteiger partial charge in [-0.1, -0.05) is 11.6 Å². The lowest BCUT2D eigenvalue weighted by molar-refractivity contribution is 0.571. The molecule has 0 fully saturated rings. The van der Waals surface area contributed by atoms with E-state index >= 15 is 0 Å². The average molecular weight is 495 g/mol. The van der Waals surface area contributed by atoms with Crippen molar-refractivity contribution in [3.63, 3.8) is 0 Å². The van der Waals surface area contributed by atoms with Gasteiger partial charge in [0.05, 0.1) is 33.7 Å². The van der Waals surface area contributed by atoms with Crippen LogP contribution in [-0.4, -0.2) is 40.6 Å². The van der Waals surface area contributed by atoms with Gasteiger partial charge >= 0.3 is 0 Å². The van der Waals surface area contributed by atoms with Crippen LogP contribution in [0.15, 0.2) is 46.8 Å². The summed E-state index contributed by atoms with van der Waals surface area (Å²) in [6.45, 7) is 1.36. The molecule has 0 spiro atoms. The highest BCUT2D eigenvalue weighted by molar-refractivity contribution is 7.93. The third-order valence-electron chi connectivity index (χ3n) is 4.47. The number of hydrogen-bond donors (Lipinski definition) is 3. The first kappa shape index (κ1) is 23.7. The summed E-state index contributed by atoms with van der Waals surface area (Å²) in [5.74, 6) is -0.973. The largest absolute Gasteiger partial charge is 0.372 e. The number of nitrogens with zero attached hydrogens (tertiary/aromatic N) is 3. The normalized spacial score (nSPS) is 11.1.